The minimum absolute atomic E-state index is 0.493. The molecule has 1 rings (SSSR count). The smallest absolute Gasteiger partial charge is 0.400 e. The molecule has 0 atom stereocenters. The second-order valence-electron chi connectivity index (χ2n) is 2.32. The molecule has 1 aromatic carbocycles. The normalized spacial score (nSPS) is 11.5. The number of hydrogen-bond donors (Lipinski definition) is 1. The van der Waals surface area contributed by atoms with Gasteiger partial charge in [0.2, 0.25) is 0 Å². The van der Waals surface area contributed by atoms with Crippen molar-refractivity contribution in [3.05, 3.63) is 23.8 Å². The predicted molar refractivity (Wildman–Crippen MR) is 37.5 cm³/mol. The van der Waals surface area contributed by atoms with Crippen molar-refractivity contribution in [2.24, 2.45) is 0 Å². The summed E-state index contributed by atoms with van der Waals surface area (Å²) < 4.78 is 63.5. The molecule has 0 unspecified atom stereocenters. The summed E-state index contributed by atoms with van der Waals surface area (Å²) in [5, 5.41) is 0. The van der Waals surface area contributed by atoms with Crippen LogP contribution >= 0.6 is 0 Å². The molecule has 0 radical (unpaired) electrons. The number of ether oxygens (including phenoxy) is 1. The van der Waals surface area contributed by atoms with Crippen LogP contribution in [-0.4, -0.2) is 6.36 Å². The number of halogens is 5. The lowest BCUT2D eigenvalue weighted by atomic mass is 10.3. The van der Waals surface area contributed by atoms with Gasteiger partial charge in [0.05, 0.1) is 0 Å². The molecule has 0 spiro atoms. The lowest BCUT2D eigenvalue weighted by Crippen LogP contribution is -2.19. The van der Waals surface area contributed by atoms with Gasteiger partial charge in [-0.25, -0.2) is 8.78 Å². The number of anilines is 1. The fourth-order valence-corrected chi connectivity index (χ4v) is 0.768. The fraction of sp³-hybridized carbons (Fsp3) is 0.143. The van der Waals surface area contributed by atoms with Crippen LogP contribution in [0.15, 0.2) is 12.1 Å². The van der Waals surface area contributed by atoms with Crippen LogP contribution in [0.5, 0.6) is 5.75 Å². The molecular weight excluding hydrogens is 209 g/mol. The molecule has 78 valence electrons. The monoisotopic (exact) mass is 213 g/mol. The average molecular weight is 213 g/mol. The summed E-state index contributed by atoms with van der Waals surface area (Å²) in [6.45, 7) is 0. The zero-order valence-corrected chi connectivity index (χ0v) is 6.53. The van der Waals surface area contributed by atoms with E-state index < -0.39 is 29.4 Å². The van der Waals surface area contributed by atoms with Gasteiger partial charge in [0.15, 0.2) is 11.6 Å². The fourth-order valence-electron chi connectivity index (χ4n) is 0.768. The summed E-state index contributed by atoms with van der Waals surface area (Å²) in [5.41, 5.74) is 3.84. The first-order valence-corrected chi connectivity index (χ1v) is 3.30. The van der Waals surface area contributed by atoms with Crippen molar-refractivity contribution < 1.29 is 26.7 Å². The lowest BCUT2D eigenvalue weighted by molar-refractivity contribution is -0.275. The van der Waals surface area contributed by atoms with Gasteiger partial charge in [-0.2, -0.15) is 0 Å². The lowest BCUT2D eigenvalue weighted by Gasteiger charge is -2.11. The first-order valence-electron chi connectivity index (χ1n) is 3.30. The molecule has 14 heavy (non-hydrogen) atoms. The molecule has 2 N–H and O–H groups in total. The Kier molecular flexibility index (Phi) is 2.50. The molecule has 0 bridgehead atoms. The number of hydrogen-bond acceptors (Lipinski definition) is 2. The van der Waals surface area contributed by atoms with Gasteiger partial charge in [0.25, 0.3) is 0 Å². The Morgan fingerprint density at radius 2 is 1.57 bits per heavy atom. The van der Waals surface area contributed by atoms with Gasteiger partial charge in [0, 0.05) is 0 Å². The summed E-state index contributed by atoms with van der Waals surface area (Å²) in [7, 11) is 0. The van der Waals surface area contributed by atoms with Gasteiger partial charge < -0.3 is 10.5 Å². The van der Waals surface area contributed by atoms with Crippen LogP contribution in [0.2, 0.25) is 0 Å². The quantitative estimate of drug-likeness (QED) is 0.574. The van der Waals surface area contributed by atoms with Gasteiger partial charge in [0.1, 0.15) is 11.5 Å². The third-order valence-corrected chi connectivity index (χ3v) is 1.31. The van der Waals surface area contributed by atoms with E-state index in [1.165, 1.54) is 0 Å². The van der Waals surface area contributed by atoms with Crippen LogP contribution < -0.4 is 10.5 Å². The predicted octanol–water partition coefficient (Wildman–Crippen LogP) is 2.45. The SMILES string of the molecule is Nc1c(F)ccc(F)c1OC(F)(F)F. The second kappa shape index (κ2) is 3.32. The average Bonchev–Trinajstić information content (AvgIpc) is 2.04. The molecule has 0 saturated heterocycles. The third-order valence-electron chi connectivity index (χ3n) is 1.31. The molecule has 0 heterocycles. The van der Waals surface area contributed by atoms with E-state index in [9.17, 15) is 22.0 Å². The van der Waals surface area contributed by atoms with E-state index in [2.05, 4.69) is 4.74 Å². The van der Waals surface area contributed by atoms with Crippen molar-refractivity contribution in [3.8, 4) is 5.75 Å². The van der Waals surface area contributed by atoms with Crippen LogP contribution in [0.1, 0.15) is 0 Å². The van der Waals surface area contributed by atoms with Crippen LogP contribution in [0.3, 0.4) is 0 Å². The number of benzene rings is 1. The highest BCUT2D eigenvalue weighted by atomic mass is 19.4. The standard InChI is InChI=1S/C7H4F5NO/c8-3-1-2-4(9)6(5(3)13)14-7(10,11)12/h1-2H,13H2. The third kappa shape index (κ3) is 2.24. The Balaban J connectivity index is 3.13. The maximum Gasteiger partial charge on any atom is 0.573 e. The first-order chi connectivity index (χ1) is 6.31. The van der Waals surface area contributed by atoms with Crippen molar-refractivity contribution in [3.63, 3.8) is 0 Å². The molecule has 0 saturated carbocycles. The van der Waals surface area contributed by atoms with Gasteiger partial charge >= 0.3 is 6.36 Å². The Hall–Kier alpha value is -1.53. The van der Waals surface area contributed by atoms with Crippen molar-refractivity contribution in [2.45, 2.75) is 6.36 Å². The van der Waals surface area contributed by atoms with E-state index in [-0.39, 0.29) is 0 Å². The van der Waals surface area contributed by atoms with Crippen molar-refractivity contribution in [1.29, 1.82) is 0 Å². The van der Waals surface area contributed by atoms with E-state index in [1.807, 2.05) is 0 Å². The summed E-state index contributed by atoms with van der Waals surface area (Å²) in [5.74, 6) is -3.90. The largest absolute Gasteiger partial charge is 0.573 e. The molecule has 0 aliphatic heterocycles. The highest BCUT2D eigenvalue weighted by molar-refractivity contribution is 5.54. The van der Waals surface area contributed by atoms with E-state index >= 15 is 0 Å². The van der Waals surface area contributed by atoms with Crippen molar-refractivity contribution in [2.75, 3.05) is 5.73 Å². The maximum absolute atomic E-state index is 12.7. The molecule has 0 aromatic heterocycles. The Morgan fingerprint density at radius 1 is 1.07 bits per heavy atom. The van der Waals surface area contributed by atoms with Crippen molar-refractivity contribution >= 4 is 5.69 Å². The Morgan fingerprint density at radius 3 is 2.07 bits per heavy atom. The van der Waals surface area contributed by atoms with Crippen LogP contribution in [0, 0.1) is 11.6 Å². The number of nitrogens with two attached hydrogens (primary N) is 1. The van der Waals surface area contributed by atoms with E-state index in [1.54, 1.807) is 0 Å². The van der Waals surface area contributed by atoms with Gasteiger partial charge in [-0.05, 0) is 12.1 Å². The number of rotatable bonds is 1. The Labute approximate surface area is 75.1 Å². The minimum Gasteiger partial charge on any atom is -0.400 e. The van der Waals surface area contributed by atoms with Gasteiger partial charge in [-0.1, -0.05) is 0 Å². The van der Waals surface area contributed by atoms with Crippen LogP contribution in [0.25, 0.3) is 0 Å². The van der Waals surface area contributed by atoms with E-state index in [0.717, 1.165) is 0 Å². The van der Waals surface area contributed by atoms with Gasteiger partial charge in [-0.15, -0.1) is 13.2 Å². The van der Waals surface area contributed by atoms with Crippen LogP contribution in [-0.2, 0) is 0 Å². The minimum atomic E-state index is -5.11. The molecule has 2 nitrogen and oxygen atoms in total. The molecule has 0 amide bonds. The summed E-state index contributed by atoms with van der Waals surface area (Å²) >= 11 is 0. The van der Waals surface area contributed by atoms with Crippen LogP contribution in [0.4, 0.5) is 27.6 Å². The molecule has 7 heteroatoms. The highest BCUT2D eigenvalue weighted by Gasteiger charge is 2.33. The Bertz CT molecular complexity index is 349. The molecule has 0 aliphatic rings. The molecule has 0 fully saturated rings. The first kappa shape index (κ1) is 10.6. The highest BCUT2D eigenvalue weighted by Crippen LogP contribution is 2.32. The maximum atomic E-state index is 12.7. The zero-order valence-electron chi connectivity index (χ0n) is 6.53. The molecule has 0 aliphatic carbocycles. The second-order valence-corrected chi connectivity index (χ2v) is 2.32. The molecule has 1 aromatic rings. The summed E-state index contributed by atoms with van der Waals surface area (Å²) in [6.07, 6.45) is -5.11. The van der Waals surface area contributed by atoms with Crippen molar-refractivity contribution in [1.82, 2.24) is 0 Å². The van der Waals surface area contributed by atoms with E-state index in [4.69, 9.17) is 5.73 Å². The molecular formula is C7H4F5NO. The van der Waals surface area contributed by atoms with E-state index in [0.29, 0.717) is 12.1 Å². The zero-order chi connectivity index (χ0) is 10.9. The summed E-state index contributed by atoms with van der Waals surface area (Å²) in [6, 6.07) is 1.10. The number of nitrogen functional groups attached to an aromatic ring is 1. The summed E-state index contributed by atoms with van der Waals surface area (Å²) in [4.78, 5) is 0. The topological polar surface area (TPSA) is 35.2 Å². The number of alkyl halides is 3. The van der Waals surface area contributed by atoms with Gasteiger partial charge in [-0.3, -0.25) is 0 Å².